The molecule has 0 radical (unpaired) electrons. The fourth-order valence-electron chi connectivity index (χ4n) is 1.64. The molecule has 0 saturated carbocycles. The normalized spacial score (nSPS) is 22.5. The van der Waals surface area contributed by atoms with Gasteiger partial charge in [-0.05, 0) is 33.6 Å². The largest absolute Gasteiger partial charge is 0.454 e. The van der Waals surface area contributed by atoms with E-state index in [-0.39, 0.29) is 6.10 Å². The van der Waals surface area contributed by atoms with Crippen molar-refractivity contribution in [2.24, 2.45) is 5.16 Å². The van der Waals surface area contributed by atoms with Crippen molar-refractivity contribution in [3.8, 4) is 11.5 Å². The van der Waals surface area contributed by atoms with E-state index in [1.54, 1.807) is 0 Å². The maximum Gasteiger partial charge on any atom is 0.231 e. The Kier molecular flexibility index (Phi) is 2.05. The average Bonchev–Trinajstić information content (AvgIpc) is 2.84. The zero-order chi connectivity index (χ0) is 10.3. The van der Waals surface area contributed by atoms with Gasteiger partial charge in [-0.15, -0.1) is 0 Å². The number of ether oxygens (including phenoxy) is 2. The van der Waals surface area contributed by atoms with Gasteiger partial charge in [0.15, 0.2) is 17.6 Å². The summed E-state index contributed by atoms with van der Waals surface area (Å²) >= 11 is 3.31. The lowest BCUT2D eigenvalue weighted by Crippen LogP contribution is -1.96. The molecule has 2 heterocycles. The van der Waals surface area contributed by atoms with E-state index < -0.39 is 0 Å². The number of nitrogens with zero attached hydrogens (tertiary/aromatic N) is 1. The molecule has 1 aromatic rings. The van der Waals surface area contributed by atoms with Crippen LogP contribution in [0.15, 0.2) is 23.4 Å². The number of fused-ring (bicyclic) bond motifs is 1. The average molecular weight is 270 g/mol. The standard InChI is InChI=1S/C10H8BrNO3/c11-10-4-8(15-12-10)6-1-2-7-9(3-6)14-5-13-7/h1-3,8H,4-5H2/t8-/m1/s1. The topological polar surface area (TPSA) is 40.0 Å². The molecule has 0 amide bonds. The molecule has 15 heavy (non-hydrogen) atoms. The summed E-state index contributed by atoms with van der Waals surface area (Å²) in [4.78, 5) is 5.26. The fourth-order valence-corrected chi connectivity index (χ4v) is 2.02. The lowest BCUT2D eigenvalue weighted by molar-refractivity contribution is 0.0856. The molecule has 2 aliphatic rings. The van der Waals surface area contributed by atoms with Crippen molar-refractivity contribution in [3.63, 3.8) is 0 Å². The molecule has 0 spiro atoms. The van der Waals surface area contributed by atoms with Crippen molar-refractivity contribution >= 4 is 20.6 Å². The van der Waals surface area contributed by atoms with E-state index in [1.807, 2.05) is 18.2 Å². The van der Waals surface area contributed by atoms with Gasteiger partial charge in [-0.1, -0.05) is 11.2 Å². The first-order valence-corrected chi connectivity index (χ1v) is 5.40. The molecule has 0 aliphatic carbocycles. The van der Waals surface area contributed by atoms with Crippen LogP contribution in [0.4, 0.5) is 0 Å². The predicted octanol–water partition coefficient (Wildman–Crippen LogP) is 2.59. The van der Waals surface area contributed by atoms with Gasteiger partial charge < -0.3 is 14.3 Å². The van der Waals surface area contributed by atoms with Crippen LogP contribution >= 0.6 is 15.9 Å². The number of oxime groups is 1. The van der Waals surface area contributed by atoms with Crippen LogP contribution in [-0.2, 0) is 4.84 Å². The smallest absolute Gasteiger partial charge is 0.231 e. The molecule has 0 unspecified atom stereocenters. The minimum absolute atomic E-state index is 0.0196. The zero-order valence-corrected chi connectivity index (χ0v) is 9.36. The molecule has 0 N–H and O–H groups in total. The summed E-state index contributed by atoms with van der Waals surface area (Å²) < 4.78 is 11.4. The van der Waals surface area contributed by atoms with Gasteiger partial charge in [0.05, 0.1) is 0 Å². The van der Waals surface area contributed by atoms with E-state index in [0.717, 1.165) is 28.1 Å². The number of hydrogen-bond acceptors (Lipinski definition) is 4. The predicted molar refractivity (Wildman–Crippen MR) is 57.4 cm³/mol. The van der Waals surface area contributed by atoms with E-state index in [9.17, 15) is 0 Å². The Bertz CT molecular complexity index is 433. The van der Waals surface area contributed by atoms with Crippen LogP contribution in [0.3, 0.4) is 0 Å². The highest BCUT2D eigenvalue weighted by Gasteiger charge is 2.23. The summed E-state index contributed by atoms with van der Waals surface area (Å²) in [7, 11) is 0. The summed E-state index contributed by atoms with van der Waals surface area (Å²) in [6.45, 7) is 0.296. The van der Waals surface area contributed by atoms with Crippen LogP contribution in [0.25, 0.3) is 0 Å². The van der Waals surface area contributed by atoms with Gasteiger partial charge in [0, 0.05) is 6.42 Å². The first kappa shape index (κ1) is 9.03. The zero-order valence-electron chi connectivity index (χ0n) is 7.77. The van der Waals surface area contributed by atoms with E-state index >= 15 is 0 Å². The maximum absolute atomic E-state index is 5.30. The first-order chi connectivity index (χ1) is 7.33. The quantitative estimate of drug-likeness (QED) is 0.787. The van der Waals surface area contributed by atoms with Crippen molar-refractivity contribution in [3.05, 3.63) is 23.8 Å². The first-order valence-electron chi connectivity index (χ1n) is 4.60. The van der Waals surface area contributed by atoms with Gasteiger partial charge in [0.25, 0.3) is 0 Å². The second-order valence-corrected chi connectivity index (χ2v) is 4.29. The third kappa shape index (κ3) is 1.56. The van der Waals surface area contributed by atoms with Crippen LogP contribution in [0.1, 0.15) is 18.1 Å². The Morgan fingerprint density at radius 3 is 2.93 bits per heavy atom. The van der Waals surface area contributed by atoms with Crippen molar-refractivity contribution < 1.29 is 14.3 Å². The molecule has 2 aliphatic heterocycles. The van der Waals surface area contributed by atoms with E-state index in [2.05, 4.69) is 21.1 Å². The summed E-state index contributed by atoms with van der Waals surface area (Å²) in [5.41, 5.74) is 1.05. The third-order valence-electron chi connectivity index (χ3n) is 2.40. The van der Waals surface area contributed by atoms with Crippen LogP contribution in [0, 0.1) is 0 Å². The van der Waals surface area contributed by atoms with Gasteiger partial charge in [0.2, 0.25) is 6.79 Å². The number of rotatable bonds is 1. The third-order valence-corrected chi connectivity index (χ3v) is 2.87. The molecule has 1 aromatic carbocycles. The van der Waals surface area contributed by atoms with Gasteiger partial charge in [-0.3, -0.25) is 0 Å². The second kappa shape index (κ2) is 3.41. The molecular formula is C10H8BrNO3. The number of benzene rings is 1. The minimum atomic E-state index is -0.0196. The summed E-state index contributed by atoms with van der Waals surface area (Å²) in [5.74, 6) is 1.57. The Hall–Kier alpha value is -1.23. The molecule has 1 atom stereocenters. The molecule has 5 heteroatoms. The fraction of sp³-hybridized carbons (Fsp3) is 0.300. The second-order valence-electron chi connectivity index (χ2n) is 3.38. The highest BCUT2D eigenvalue weighted by Crippen LogP contribution is 2.37. The van der Waals surface area contributed by atoms with Crippen molar-refractivity contribution in [1.29, 1.82) is 0 Å². The highest BCUT2D eigenvalue weighted by atomic mass is 79.9. The molecule has 4 nitrogen and oxygen atoms in total. The molecule has 0 aromatic heterocycles. The minimum Gasteiger partial charge on any atom is -0.454 e. The Morgan fingerprint density at radius 1 is 1.27 bits per heavy atom. The lowest BCUT2D eigenvalue weighted by atomic mass is 10.1. The van der Waals surface area contributed by atoms with E-state index in [1.165, 1.54) is 0 Å². The van der Waals surface area contributed by atoms with Gasteiger partial charge in [0.1, 0.15) is 4.62 Å². The van der Waals surface area contributed by atoms with Crippen LogP contribution < -0.4 is 9.47 Å². The van der Waals surface area contributed by atoms with Gasteiger partial charge in [-0.25, -0.2) is 0 Å². The van der Waals surface area contributed by atoms with Gasteiger partial charge >= 0.3 is 0 Å². The molecule has 78 valence electrons. The molecule has 0 saturated heterocycles. The van der Waals surface area contributed by atoms with E-state index in [0.29, 0.717) is 6.79 Å². The number of halogens is 1. The van der Waals surface area contributed by atoms with Crippen molar-refractivity contribution in [2.75, 3.05) is 6.79 Å². The SMILES string of the molecule is BrC1=NO[C@@H](c2ccc3c(c2)OCO3)C1. The highest BCUT2D eigenvalue weighted by molar-refractivity contribution is 9.18. The van der Waals surface area contributed by atoms with Crippen LogP contribution in [-0.4, -0.2) is 11.4 Å². The van der Waals surface area contributed by atoms with Gasteiger partial charge in [-0.2, -0.15) is 0 Å². The van der Waals surface area contributed by atoms with Crippen molar-refractivity contribution in [2.45, 2.75) is 12.5 Å². The molecule has 0 bridgehead atoms. The summed E-state index contributed by atoms with van der Waals surface area (Å²) in [6.07, 6.45) is 0.744. The summed E-state index contributed by atoms with van der Waals surface area (Å²) in [5, 5.41) is 3.85. The Balaban J connectivity index is 1.88. The lowest BCUT2D eigenvalue weighted by Gasteiger charge is -2.08. The molecule has 3 rings (SSSR count). The van der Waals surface area contributed by atoms with Crippen LogP contribution in [0.5, 0.6) is 11.5 Å². The monoisotopic (exact) mass is 269 g/mol. The van der Waals surface area contributed by atoms with Crippen LogP contribution in [0.2, 0.25) is 0 Å². The number of hydrogen-bond donors (Lipinski definition) is 0. The summed E-state index contributed by atoms with van der Waals surface area (Å²) in [6, 6.07) is 5.81. The maximum atomic E-state index is 5.30. The van der Waals surface area contributed by atoms with Crippen molar-refractivity contribution in [1.82, 2.24) is 0 Å². The van der Waals surface area contributed by atoms with E-state index in [4.69, 9.17) is 14.3 Å². The molecule has 0 fully saturated rings. The Morgan fingerprint density at radius 2 is 2.13 bits per heavy atom. The molecular weight excluding hydrogens is 262 g/mol. The Labute approximate surface area is 94.9 Å².